The van der Waals surface area contributed by atoms with Gasteiger partial charge in [0.25, 0.3) is 0 Å². The summed E-state index contributed by atoms with van der Waals surface area (Å²) in [6, 6.07) is 0. The van der Waals surface area contributed by atoms with Crippen LogP contribution in [0.1, 0.15) is 26.2 Å². The number of aliphatic carboxylic acids is 1. The van der Waals surface area contributed by atoms with Crippen molar-refractivity contribution in [3.8, 4) is 0 Å². The van der Waals surface area contributed by atoms with Gasteiger partial charge in [-0.3, -0.25) is 4.79 Å². The fourth-order valence-corrected chi connectivity index (χ4v) is 1.73. The summed E-state index contributed by atoms with van der Waals surface area (Å²) in [7, 11) is 0. The molecule has 1 unspecified atom stereocenters. The van der Waals surface area contributed by atoms with Crippen LogP contribution >= 0.6 is 0 Å². The lowest BCUT2D eigenvalue weighted by molar-refractivity contribution is -0.145. The molecule has 1 aliphatic carbocycles. The molecule has 11 heavy (non-hydrogen) atoms. The Morgan fingerprint density at radius 3 is 2.55 bits per heavy atom. The molecule has 0 spiro atoms. The highest BCUT2D eigenvalue weighted by molar-refractivity contribution is 5.70. The van der Waals surface area contributed by atoms with E-state index in [4.69, 9.17) is 5.11 Å². The van der Waals surface area contributed by atoms with Crippen LogP contribution in [0.5, 0.6) is 0 Å². The van der Waals surface area contributed by atoms with E-state index in [-0.39, 0.29) is 17.9 Å². The van der Waals surface area contributed by atoms with E-state index in [1.165, 1.54) is 0 Å². The van der Waals surface area contributed by atoms with Gasteiger partial charge in [-0.15, -0.1) is 0 Å². The van der Waals surface area contributed by atoms with Crippen LogP contribution in [0.3, 0.4) is 0 Å². The fraction of sp³-hybridized carbons (Fsp3) is 0.875. The Balaban J connectivity index is 2.50. The molecule has 1 aliphatic rings. The van der Waals surface area contributed by atoms with Gasteiger partial charge in [0.05, 0.1) is 12.0 Å². The second kappa shape index (κ2) is 3.22. The monoisotopic (exact) mass is 158 g/mol. The maximum absolute atomic E-state index is 10.6. The van der Waals surface area contributed by atoms with Crippen LogP contribution in [0.4, 0.5) is 0 Å². The summed E-state index contributed by atoms with van der Waals surface area (Å²) in [5.41, 5.74) is 0. The summed E-state index contributed by atoms with van der Waals surface area (Å²) < 4.78 is 0. The smallest absolute Gasteiger partial charge is 0.306 e. The number of carboxylic acid groups (broad SMARTS) is 1. The molecule has 3 heteroatoms. The van der Waals surface area contributed by atoms with Gasteiger partial charge in [-0.1, -0.05) is 6.92 Å². The number of hydrogen-bond donors (Lipinski definition) is 2. The van der Waals surface area contributed by atoms with Crippen LogP contribution in [-0.4, -0.2) is 22.3 Å². The zero-order chi connectivity index (χ0) is 8.43. The molecular formula is C8H14O3. The molecule has 0 heterocycles. The molecule has 0 amide bonds. The van der Waals surface area contributed by atoms with E-state index in [0.29, 0.717) is 19.3 Å². The zero-order valence-electron chi connectivity index (χ0n) is 6.66. The Bertz CT molecular complexity index is 155. The SMILES string of the molecule is C[C@@H]1CC(O)CC[C@H]1C(=O)O. The molecule has 0 aliphatic heterocycles. The van der Waals surface area contributed by atoms with Gasteiger partial charge in [0.2, 0.25) is 0 Å². The van der Waals surface area contributed by atoms with E-state index in [9.17, 15) is 9.90 Å². The van der Waals surface area contributed by atoms with E-state index >= 15 is 0 Å². The molecule has 0 aromatic heterocycles. The molecule has 0 radical (unpaired) electrons. The number of carboxylic acids is 1. The third-order valence-corrected chi connectivity index (χ3v) is 2.46. The Labute approximate surface area is 66.0 Å². The van der Waals surface area contributed by atoms with E-state index < -0.39 is 5.97 Å². The molecule has 3 nitrogen and oxygen atoms in total. The van der Waals surface area contributed by atoms with Gasteiger partial charge >= 0.3 is 5.97 Å². The number of hydrogen-bond acceptors (Lipinski definition) is 2. The van der Waals surface area contributed by atoms with Crippen molar-refractivity contribution in [1.29, 1.82) is 0 Å². The van der Waals surface area contributed by atoms with Crippen molar-refractivity contribution in [3.63, 3.8) is 0 Å². The maximum Gasteiger partial charge on any atom is 0.306 e. The van der Waals surface area contributed by atoms with Crippen molar-refractivity contribution in [2.75, 3.05) is 0 Å². The predicted molar refractivity (Wildman–Crippen MR) is 40.1 cm³/mol. The summed E-state index contributed by atoms with van der Waals surface area (Å²) in [5, 5.41) is 17.9. The second-order valence-electron chi connectivity index (χ2n) is 3.39. The number of carbonyl (C=O) groups is 1. The van der Waals surface area contributed by atoms with E-state index in [1.54, 1.807) is 0 Å². The van der Waals surface area contributed by atoms with Crippen LogP contribution in [0.15, 0.2) is 0 Å². The minimum absolute atomic E-state index is 0.122. The lowest BCUT2D eigenvalue weighted by Gasteiger charge is -2.28. The van der Waals surface area contributed by atoms with Gasteiger partial charge in [-0.25, -0.2) is 0 Å². The van der Waals surface area contributed by atoms with Gasteiger partial charge in [0.1, 0.15) is 0 Å². The molecule has 0 aromatic carbocycles. The topological polar surface area (TPSA) is 57.5 Å². The predicted octanol–water partition coefficient (Wildman–Crippen LogP) is 0.868. The molecule has 3 atom stereocenters. The lowest BCUT2D eigenvalue weighted by Crippen LogP contribution is -2.30. The van der Waals surface area contributed by atoms with Crippen LogP contribution in [0, 0.1) is 11.8 Å². The molecule has 1 fully saturated rings. The molecule has 64 valence electrons. The highest BCUT2D eigenvalue weighted by Gasteiger charge is 2.30. The van der Waals surface area contributed by atoms with Crippen LogP contribution in [-0.2, 0) is 4.79 Å². The molecule has 1 rings (SSSR count). The van der Waals surface area contributed by atoms with Crippen molar-refractivity contribution in [3.05, 3.63) is 0 Å². The quantitative estimate of drug-likeness (QED) is 0.595. The fourth-order valence-electron chi connectivity index (χ4n) is 1.73. The lowest BCUT2D eigenvalue weighted by atomic mass is 9.79. The summed E-state index contributed by atoms with van der Waals surface area (Å²) in [5.74, 6) is -0.834. The van der Waals surface area contributed by atoms with E-state index in [0.717, 1.165) is 0 Å². The Hall–Kier alpha value is -0.570. The zero-order valence-corrected chi connectivity index (χ0v) is 6.66. The molecule has 2 N–H and O–H groups in total. The minimum atomic E-state index is -0.718. The van der Waals surface area contributed by atoms with Crippen LogP contribution in [0.25, 0.3) is 0 Å². The summed E-state index contributed by atoms with van der Waals surface area (Å²) >= 11 is 0. The Morgan fingerprint density at radius 2 is 2.09 bits per heavy atom. The molecule has 0 aromatic rings. The van der Waals surface area contributed by atoms with E-state index in [1.807, 2.05) is 6.92 Å². The molecule has 1 saturated carbocycles. The highest BCUT2D eigenvalue weighted by Crippen LogP contribution is 2.29. The van der Waals surface area contributed by atoms with Gasteiger partial charge in [0.15, 0.2) is 0 Å². The summed E-state index contributed by atoms with van der Waals surface area (Å²) in [4.78, 5) is 10.6. The van der Waals surface area contributed by atoms with Gasteiger partial charge < -0.3 is 10.2 Å². The largest absolute Gasteiger partial charge is 0.481 e. The van der Waals surface area contributed by atoms with Gasteiger partial charge in [-0.05, 0) is 25.2 Å². The highest BCUT2D eigenvalue weighted by atomic mass is 16.4. The molecule has 0 bridgehead atoms. The number of aliphatic hydroxyl groups is 1. The third-order valence-electron chi connectivity index (χ3n) is 2.46. The van der Waals surface area contributed by atoms with Crippen molar-refractivity contribution in [2.45, 2.75) is 32.3 Å². The average Bonchev–Trinajstić information content (AvgIpc) is 1.85. The average molecular weight is 158 g/mol. The maximum atomic E-state index is 10.6. The second-order valence-corrected chi connectivity index (χ2v) is 3.39. The Morgan fingerprint density at radius 1 is 1.45 bits per heavy atom. The Kier molecular flexibility index (Phi) is 2.49. The van der Waals surface area contributed by atoms with Crippen molar-refractivity contribution in [1.82, 2.24) is 0 Å². The summed E-state index contributed by atoms with van der Waals surface area (Å²) in [6.07, 6.45) is 1.62. The number of aliphatic hydroxyl groups excluding tert-OH is 1. The van der Waals surface area contributed by atoms with Crippen molar-refractivity contribution < 1.29 is 15.0 Å². The van der Waals surface area contributed by atoms with Gasteiger partial charge in [-0.2, -0.15) is 0 Å². The van der Waals surface area contributed by atoms with Crippen LogP contribution in [0.2, 0.25) is 0 Å². The van der Waals surface area contributed by atoms with Crippen molar-refractivity contribution in [2.24, 2.45) is 11.8 Å². The first kappa shape index (κ1) is 8.53. The first-order valence-corrected chi connectivity index (χ1v) is 4.02. The normalized spacial score (nSPS) is 38.5. The van der Waals surface area contributed by atoms with E-state index in [2.05, 4.69) is 0 Å². The number of rotatable bonds is 1. The standard InChI is InChI=1S/C8H14O3/c1-5-4-6(9)2-3-7(5)8(10)11/h5-7,9H,2-4H2,1H3,(H,10,11)/t5-,6?,7-/m1/s1. The third kappa shape index (κ3) is 1.93. The molecular weight excluding hydrogens is 144 g/mol. The minimum Gasteiger partial charge on any atom is -0.481 e. The van der Waals surface area contributed by atoms with Crippen molar-refractivity contribution >= 4 is 5.97 Å². The first-order valence-electron chi connectivity index (χ1n) is 4.02. The summed E-state index contributed by atoms with van der Waals surface area (Å²) in [6.45, 7) is 1.89. The van der Waals surface area contributed by atoms with Gasteiger partial charge in [0, 0.05) is 0 Å². The first-order chi connectivity index (χ1) is 5.11. The van der Waals surface area contributed by atoms with Crippen LogP contribution < -0.4 is 0 Å². The molecule has 0 saturated heterocycles.